The number of nitrogens with two attached hydrogens (primary N) is 1. The predicted octanol–water partition coefficient (Wildman–Crippen LogP) is 1.62. The number of benzene rings is 1. The molecule has 1 rings (SSSR count). The fraction of sp³-hybridized carbons (Fsp3) is 0.200. The van der Waals surface area contributed by atoms with Crippen molar-refractivity contribution in [3.8, 4) is 0 Å². The highest BCUT2D eigenvalue weighted by atomic mass is 35.5. The van der Waals surface area contributed by atoms with Gasteiger partial charge in [-0.05, 0) is 12.1 Å². The van der Waals surface area contributed by atoms with Crippen LogP contribution < -0.4 is 11.3 Å². The van der Waals surface area contributed by atoms with Crippen LogP contribution in [0.25, 0.3) is 0 Å². The smallest absolute Gasteiger partial charge is 0.338 e. The number of methoxy groups -OCH3 is 2. The summed E-state index contributed by atoms with van der Waals surface area (Å²) >= 11 is 5.85. The Morgan fingerprint density at radius 2 is 1.61 bits per heavy atom. The molecule has 0 saturated carbocycles. The molecule has 3 N–H and O–H groups in total. The number of anilines is 1. The van der Waals surface area contributed by atoms with Crippen LogP contribution in [0.1, 0.15) is 20.7 Å². The lowest BCUT2D eigenvalue weighted by molar-refractivity contribution is 0.0555. The quantitative estimate of drug-likeness (QED) is 0.500. The van der Waals surface area contributed by atoms with Gasteiger partial charge in [-0.15, -0.1) is 12.4 Å². The third kappa shape index (κ3) is 3.25. The average Bonchev–Trinajstić information content (AvgIpc) is 2.36. The summed E-state index contributed by atoms with van der Waals surface area (Å²) in [6, 6.07) is 2.61. The van der Waals surface area contributed by atoms with E-state index in [1.54, 1.807) is 0 Å². The minimum Gasteiger partial charge on any atom is -0.465 e. The van der Waals surface area contributed by atoms with Crippen LogP contribution in [0.4, 0.5) is 5.69 Å². The number of carbonyl (C=O) groups excluding carboxylic acids is 2. The van der Waals surface area contributed by atoms with E-state index in [-0.39, 0.29) is 28.6 Å². The molecule has 0 bridgehead atoms. The van der Waals surface area contributed by atoms with Gasteiger partial charge in [-0.25, -0.2) is 9.59 Å². The van der Waals surface area contributed by atoms with Crippen molar-refractivity contribution in [1.82, 2.24) is 0 Å². The van der Waals surface area contributed by atoms with Crippen LogP contribution >= 0.6 is 24.0 Å². The molecule has 0 spiro atoms. The summed E-state index contributed by atoms with van der Waals surface area (Å²) in [5.41, 5.74) is 2.65. The van der Waals surface area contributed by atoms with Crippen LogP contribution in [-0.4, -0.2) is 26.2 Å². The van der Waals surface area contributed by atoms with Gasteiger partial charge in [0.1, 0.15) is 0 Å². The van der Waals surface area contributed by atoms with Gasteiger partial charge in [-0.1, -0.05) is 11.6 Å². The van der Waals surface area contributed by atoms with Crippen molar-refractivity contribution >= 4 is 41.6 Å². The molecule has 0 amide bonds. The minimum atomic E-state index is -0.684. The first-order valence-corrected chi connectivity index (χ1v) is 4.89. The van der Waals surface area contributed by atoms with Gasteiger partial charge in [0, 0.05) is 0 Å². The largest absolute Gasteiger partial charge is 0.465 e. The fourth-order valence-corrected chi connectivity index (χ4v) is 1.46. The molecule has 100 valence electrons. The molecular formula is C10H12Cl2N2O4. The number of carbonyl (C=O) groups is 2. The molecule has 0 heterocycles. The van der Waals surface area contributed by atoms with E-state index in [1.165, 1.54) is 26.4 Å². The maximum Gasteiger partial charge on any atom is 0.338 e. The summed E-state index contributed by atoms with van der Waals surface area (Å²) in [5, 5.41) is 0.195. The summed E-state index contributed by atoms with van der Waals surface area (Å²) in [7, 11) is 2.40. The van der Waals surface area contributed by atoms with Gasteiger partial charge >= 0.3 is 11.9 Å². The highest BCUT2D eigenvalue weighted by Gasteiger charge is 2.20. The van der Waals surface area contributed by atoms with Crippen molar-refractivity contribution in [2.45, 2.75) is 0 Å². The normalized spacial score (nSPS) is 9.11. The average molecular weight is 295 g/mol. The van der Waals surface area contributed by atoms with Crippen molar-refractivity contribution in [3.63, 3.8) is 0 Å². The van der Waals surface area contributed by atoms with Crippen LogP contribution in [0.15, 0.2) is 12.1 Å². The number of esters is 2. The summed E-state index contributed by atoms with van der Waals surface area (Å²) in [6.07, 6.45) is 0. The zero-order valence-electron chi connectivity index (χ0n) is 9.65. The summed E-state index contributed by atoms with van der Waals surface area (Å²) in [6.45, 7) is 0. The monoisotopic (exact) mass is 294 g/mol. The van der Waals surface area contributed by atoms with Gasteiger partial charge in [-0.3, -0.25) is 5.84 Å². The molecule has 0 aromatic heterocycles. The zero-order valence-corrected chi connectivity index (χ0v) is 11.2. The minimum absolute atomic E-state index is 0. The van der Waals surface area contributed by atoms with Crippen LogP contribution in [0.2, 0.25) is 5.02 Å². The van der Waals surface area contributed by atoms with E-state index in [2.05, 4.69) is 14.9 Å². The Bertz CT molecular complexity index is 465. The Morgan fingerprint density at radius 3 is 2.00 bits per heavy atom. The Labute approximate surface area is 115 Å². The molecule has 0 atom stereocenters. The van der Waals surface area contributed by atoms with E-state index in [4.69, 9.17) is 17.4 Å². The molecule has 1 aromatic rings. The molecule has 18 heavy (non-hydrogen) atoms. The second-order valence-electron chi connectivity index (χ2n) is 3.01. The molecular weight excluding hydrogens is 283 g/mol. The van der Waals surface area contributed by atoms with E-state index in [1.807, 2.05) is 0 Å². The number of hydrogen-bond acceptors (Lipinski definition) is 6. The van der Waals surface area contributed by atoms with E-state index < -0.39 is 11.9 Å². The van der Waals surface area contributed by atoms with Gasteiger partial charge in [0.25, 0.3) is 0 Å². The van der Waals surface area contributed by atoms with Crippen molar-refractivity contribution < 1.29 is 19.1 Å². The van der Waals surface area contributed by atoms with Crippen LogP contribution in [0.5, 0.6) is 0 Å². The summed E-state index contributed by atoms with van der Waals surface area (Å²) in [5.74, 6) is 3.85. The highest BCUT2D eigenvalue weighted by Crippen LogP contribution is 2.26. The second kappa shape index (κ2) is 7.05. The highest BCUT2D eigenvalue weighted by molar-refractivity contribution is 6.33. The van der Waals surface area contributed by atoms with Crippen LogP contribution in [0, 0.1) is 0 Å². The van der Waals surface area contributed by atoms with Gasteiger partial charge in [-0.2, -0.15) is 0 Å². The van der Waals surface area contributed by atoms with Crippen LogP contribution in [0.3, 0.4) is 0 Å². The zero-order chi connectivity index (χ0) is 13.0. The van der Waals surface area contributed by atoms with Gasteiger partial charge in [0.2, 0.25) is 0 Å². The topological polar surface area (TPSA) is 90.6 Å². The molecule has 6 nitrogen and oxygen atoms in total. The lowest BCUT2D eigenvalue weighted by Crippen LogP contribution is -2.14. The Balaban J connectivity index is 0.00000289. The first kappa shape index (κ1) is 16.5. The third-order valence-electron chi connectivity index (χ3n) is 2.07. The van der Waals surface area contributed by atoms with E-state index in [9.17, 15) is 9.59 Å². The van der Waals surface area contributed by atoms with E-state index in [0.717, 1.165) is 0 Å². The first-order chi connectivity index (χ1) is 8.04. The number of rotatable bonds is 3. The Hall–Kier alpha value is -1.50. The standard InChI is InChI=1S/C10H11ClN2O4.ClH/c1-16-9(14)5-3-7(11)8(13-12)4-6(5)10(15)17-2;/h3-4,13H,12H2,1-2H3;1H. The first-order valence-electron chi connectivity index (χ1n) is 4.52. The molecule has 0 aliphatic heterocycles. The molecule has 0 aliphatic rings. The Kier molecular flexibility index (Phi) is 6.46. The van der Waals surface area contributed by atoms with E-state index >= 15 is 0 Å². The molecule has 0 unspecified atom stereocenters. The maximum absolute atomic E-state index is 11.5. The van der Waals surface area contributed by atoms with Crippen molar-refractivity contribution in [2.24, 2.45) is 5.84 Å². The number of halogens is 2. The lowest BCUT2D eigenvalue weighted by atomic mass is 10.1. The molecule has 8 heteroatoms. The molecule has 1 aromatic carbocycles. The Morgan fingerprint density at radius 1 is 1.17 bits per heavy atom. The number of hydrazine groups is 1. The van der Waals surface area contributed by atoms with Crippen LogP contribution in [-0.2, 0) is 9.47 Å². The molecule has 0 aliphatic carbocycles. The predicted molar refractivity (Wildman–Crippen MR) is 69.2 cm³/mol. The summed E-state index contributed by atoms with van der Waals surface area (Å²) < 4.78 is 9.10. The fourth-order valence-electron chi connectivity index (χ4n) is 1.24. The number of hydrogen-bond donors (Lipinski definition) is 2. The summed E-state index contributed by atoms with van der Waals surface area (Å²) in [4.78, 5) is 23.0. The van der Waals surface area contributed by atoms with Gasteiger partial charge in [0.05, 0.1) is 36.1 Å². The van der Waals surface area contributed by atoms with Crippen molar-refractivity contribution in [2.75, 3.05) is 19.6 Å². The SMILES string of the molecule is COC(=O)c1cc(Cl)c(NN)cc1C(=O)OC.Cl. The van der Waals surface area contributed by atoms with Gasteiger partial charge < -0.3 is 14.9 Å². The third-order valence-corrected chi connectivity index (χ3v) is 2.39. The van der Waals surface area contributed by atoms with Gasteiger partial charge in [0.15, 0.2) is 0 Å². The molecule has 0 saturated heterocycles. The lowest BCUT2D eigenvalue weighted by Gasteiger charge is -2.10. The molecule has 0 fully saturated rings. The number of nitrogen functional groups attached to an aromatic ring is 1. The van der Waals surface area contributed by atoms with E-state index in [0.29, 0.717) is 5.69 Å². The number of nitrogens with one attached hydrogen (secondary N) is 1. The number of ether oxygens (including phenoxy) is 2. The van der Waals surface area contributed by atoms with Crippen molar-refractivity contribution in [1.29, 1.82) is 0 Å². The maximum atomic E-state index is 11.5. The molecule has 0 radical (unpaired) electrons. The second-order valence-corrected chi connectivity index (χ2v) is 3.41. The van der Waals surface area contributed by atoms with Crippen molar-refractivity contribution in [3.05, 3.63) is 28.3 Å².